The predicted octanol–water partition coefficient (Wildman–Crippen LogP) is 4.44. The maximum absolute atomic E-state index is 13.1. The molecule has 0 amide bonds. The number of halogens is 1. The molecule has 0 unspecified atom stereocenters. The summed E-state index contributed by atoms with van der Waals surface area (Å²) in [6, 6.07) is 5.63. The summed E-state index contributed by atoms with van der Waals surface area (Å²) >= 11 is 7.75. The number of nitrogens with zero attached hydrogens (tertiary/aromatic N) is 2. The summed E-state index contributed by atoms with van der Waals surface area (Å²) in [5, 5.41) is 2.09. The van der Waals surface area contributed by atoms with Crippen LogP contribution in [0.2, 0.25) is 5.02 Å². The highest BCUT2D eigenvalue weighted by atomic mass is 35.5. The molecule has 4 nitrogen and oxygen atoms in total. The Morgan fingerprint density at radius 3 is 2.83 bits per heavy atom. The van der Waals surface area contributed by atoms with E-state index in [2.05, 4.69) is 0 Å². The highest BCUT2D eigenvalue weighted by Gasteiger charge is 2.24. The highest BCUT2D eigenvalue weighted by Crippen LogP contribution is 2.33. The van der Waals surface area contributed by atoms with Crippen LogP contribution < -0.4 is 5.56 Å². The molecule has 1 aromatic heterocycles. The van der Waals surface area contributed by atoms with Gasteiger partial charge in [-0.15, -0.1) is 0 Å². The lowest BCUT2D eigenvalue weighted by molar-refractivity contribution is 0.129. The predicted molar refractivity (Wildman–Crippen MR) is 98.2 cm³/mol. The van der Waals surface area contributed by atoms with Crippen LogP contribution in [0.3, 0.4) is 0 Å². The average Bonchev–Trinajstić information content (AvgIpc) is 3.26. The lowest BCUT2D eigenvalue weighted by Crippen LogP contribution is -2.27. The molecule has 2 heterocycles. The van der Waals surface area contributed by atoms with Gasteiger partial charge in [0.1, 0.15) is 0 Å². The number of rotatable bonds is 4. The molecular formula is C18H21ClN2O2S. The number of hydrogen-bond acceptors (Lipinski definition) is 4. The Bertz CT molecular complexity index is 795. The van der Waals surface area contributed by atoms with Crippen molar-refractivity contribution in [3.05, 3.63) is 33.6 Å². The molecule has 1 saturated carbocycles. The smallest absolute Gasteiger partial charge is 0.262 e. The van der Waals surface area contributed by atoms with Crippen molar-refractivity contribution in [1.82, 2.24) is 9.55 Å². The Labute approximate surface area is 150 Å². The van der Waals surface area contributed by atoms with Crippen LogP contribution in [0.1, 0.15) is 44.6 Å². The monoisotopic (exact) mass is 364 g/mol. The third-order valence-corrected chi connectivity index (χ3v) is 6.26. The van der Waals surface area contributed by atoms with E-state index in [1.807, 2.05) is 4.57 Å². The molecule has 0 N–H and O–H groups in total. The van der Waals surface area contributed by atoms with Gasteiger partial charge in [-0.1, -0.05) is 36.2 Å². The minimum atomic E-state index is 0.0680. The summed E-state index contributed by atoms with van der Waals surface area (Å²) in [7, 11) is 0. The largest absolute Gasteiger partial charge is 0.377 e. The fraction of sp³-hybridized carbons (Fsp3) is 0.556. The van der Waals surface area contributed by atoms with Crippen molar-refractivity contribution in [3.8, 4) is 0 Å². The van der Waals surface area contributed by atoms with Crippen LogP contribution in [0.25, 0.3) is 10.9 Å². The third-order valence-electron chi connectivity index (χ3n) is 4.94. The van der Waals surface area contributed by atoms with Crippen molar-refractivity contribution in [3.63, 3.8) is 0 Å². The maximum atomic E-state index is 13.1. The molecule has 2 aliphatic rings. The lowest BCUT2D eigenvalue weighted by Gasteiger charge is -2.19. The summed E-state index contributed by atoms with van der Waals surface area (Å²) in [4.78, 5) is 17.9. The maximum Gasteiger partial charge on any atom is 0.262 e. The summed E-state index contributed by atoms with van der Waals surface area (Å²) in [6.07, 6.45) is 7.00. The molecule has 4 rings (SSSR count). The summed E-state index contributed by atoms with van der Waals surface area (Å²) in [5.74, 6) is 0.852. The van der Waals surface area contributed by atoms with E-state index in [0.29, 0.717) is 15.9 Å². The van der Waals surface area contributed by atoms with E-state index in [4.69, 9.17) is 21.3 Å². The molecule has 1 saturated heterocycles. The van der Waals surface area contributed by atoms with Crippen LogP contribution in [-0.2, 0) is 4.74 Å². The molecule has 1 aromatic carbocycles. The number of benzene rings is 1. The number of fused-ring (bicyclic) bond motifs is 1. The normalized spacial score (nSPS) is 21.8. The van der Waals surface area contributed by atoms with Gasteiger partial charge in [-0.2, -0.15) is 0 Å². The Morgan fingerprint density at radius 2 is 2.08 bits per heavy atom. The van der Waals surface area contributed by atoms with Crippen LogP contribution in [0.4, 0.5) is 0 Å². The van der Waals surface area contributed by atoms with Crippen molar-refractivity contribution in [2.75, 3.05) is 12.4 Å². The van der Waals surface area contributed by atoms with Gasteiger partial charge in [-0.05, 0) is 43.9 Å². The fourth-order valence-corrected chi connectivity index (χ4v) is 4.98. The third kappa shape index (κ3) is 3.22. The Morgan fingerprint density at radius 1 is 1.25 bits per heavy atom. The van der Waals surface area contributed by atoms with E-state index in [1.54, 1.807) is 30.0 Å². The summed E-state index contributed by atoms with van der Waals surface area (Å²) < 4.78 is 7.65. The standard InChI is InChI=1S/C18H21ClN2O2S/c19-12-7-8-15-16(10-12)20-18(24-11-14-6-3-9-23-14)21(17(15)22)13-4-1-2-5-13/h7-8,10,13-14H,1-6,9,11H2/t14-/m1/s1. The van der Waals surface area contributed by atoms with Gasteiger partial charge in [-0.3, -0.25) is 9.36 Å². The minimum absolute atomic E-state index is 0.0680. The number of hydrogen-bond donors (Lipinski definition) is 0. The zero-order valence-electron chi connectivity index (χ0n) is 13.5. The van der Waals surface area contributed by atoms with Crippen molar-refractivity contribution >= 4 is 34.3 Å². The van der Waals surface area contributed by atoms with Gasteiger partial charge in [0, 0.05) is 23.4 Å². The van der Waals surface area contributed by atoms with Crippen LogP contribution in [0, 0.1) is 0 Å². The molecule has 128 valence electrons. The zero-order chi connectivity index (χ0) is 16.5. The first-order chi connectivity index (χ1) is 11.7. The molecule has 0 radical (unpaired) electrons. The quantitative estimate of drug-likeness (QED) is 0.594. The molecule has 1 aliphatic heterocycles. The molecule has 1 aliphatic carbocycles. The van der Waals surface area contributed by atoms with Gasteiger partial charge in [0.15, 0.2) is 5.16 Å². The first kappa shape index (κ1) is 16.4. The van der Waals surface area contributed by atoms with Gasteiger partial charge in [0.2, 0.25) is 0 Å². The van der Waals surface area contributed by atoms with E-state index in [9.17, 15) is 4.79 Å². The number of thioether (sulfide) groups is 1. The molecule has 1 atom stereocenters. The fourth-order valence-electron chi connectivity index (χ4n) is 3.68. The van der Waals surface area contributed by atoms with E-state index < -0.39 is 0 Å². The van der Waals surface area contributed by atoms with Crippen molar-refractivity contribution in [1.29, 1.82) is 0 Å². The number of aromatic nitrogens is 2. The Hall–Kier alpha value is -1.04. The highest BCUT2D eigenvalue weighted by molar-refractivity contribution is 7.99. The topological polar surface area (TPSA) is 44.1 Å². The molecule has 0 spiro atoms. The molecule has 0 bridgehead atoms. The Kier molecular flexibility index (Phi) is 4.83. The second kappa shape index (κ2) is 7.06. The van der Waals surface area contributed by atoms with E-state index in [0.717, 1.165) is 43.2 Å². The van der Waals surface area contributed by atoms with E-state index in [1.165, 1.54) is 12.8 Å². The van der Waals surface area contributed by atoms with Crippen LogP contribution >= 0.6 is 23.4 Å². The average molecular weight is 365 g/mol. The molecule has 2 aromatic rings. The first-order valence-electron chi connectivity index (χ1n) is 8.68. The summed E-state index contributed by atoms with van der Waals surface area (Å²) in [6.45, 7) is 0.849. The first-order valence-corrected chi connectivity index (χ1v) is 10.0. The van der Waals surface area contributed by atoms with Crippen LogP contribution in [-0.4, -0.2) is 28.0 Å². The van der Waals surface area contributed by atoms with E-state index in [-0.39, 0.29) is 17.7 Å². The second-order valence-corrected chi connectivity index (χ2v) is 8.04. The SMILES string of the molecule is O=c1c2ccc(Cl)cc2nc(SC[C@H]2CCCO2)n1C1CCCC1. The van der Waals surface area contributed by atoms with Crippen molar-refractivity contribution < 1.29 is 4.74 Å². The zero-order valence-corrected chi connectivity index (χ0v) is 15.1. The molecule has 2 fully saturated rings. The number of ether oxygens (including phenoxy) is 1. The van der Waals surface area contributed by atoms with Gasteiger partial charge < -0.3 is 4.74 Å². The van der Waals surface area contributed by atoms with Gasteiger partial charge in [-0.25, -0.2) is 4.98 Å². The van der Waals surface area contributed by atoms with Crippen molar-refractivity contribution in [2.24, 2.45) is 0 Å². The second-order valence-electron chi connectivity index (χ2n) is 6.62. The molecular weight excluding hydrogens is 344 g/mol. The van der Waals surface area contributed by atoms with Crippen LogP contribution in [0.15, 0.2) is 28.2 Å². The van der Waals surface area contributed by atoms with Crippen molar-refractivity contribution in [2.45, 2.75) is 55.8 Å². The van der Waals surface area contributed by atoms with E-state index >= 15 is 0 Å². The Balaban J connectivity index is 1.75. The van der Waals surface area contributed by atoms with Gasteiger partial charge in [0.25, 0.3) is 5.56 Å². The van der Waals surface area contributed by atoms with Gasteiger partial charge >= 0.3 is 0 Å². The van der Waals surface area contributed by atoms with Gasteiger partial charge in [0.05, 0.1) is 17.0 Å². The molecule has 24 heavy (non-hydrogen) atoms. The lowest BCUT2D eigenvalue weighted by atomic mass is 10.2. The van der Waals surface area contributed by atoms with Crippen LogP contribution in [0.5, 0.6) is 0 Å². The molecule has 6 heteroatoms. The summed E-state index contributed by atoms with van der Waals surface area (Å²) in [5.41, 5.74) is 0.759. The minimum Gasteiger partial charge on any atom is -0.377 e.